The van der Waals surface area contributed by atoms with Crippen LogP contribution in [-0.2, 0) is 11.3 Å². The highest BCUT2D eigenvalue weighted by Crippen LogP contribution is 2.22. The summed E-state index contributed by atoms with van der Waals surface area (Å²) >= 11 is 6.13. The van der Waals surface area contributed by atoms with Crippen molar-refractivity contribution in [1.29, 1.82) is 0 Å². The number of aryl methyl sites for hydroxylation is 1. The zero-order valence-corrected chi connectivity index (χ0v) is 17.7. The van der Waals surface area contributed by atoms with Crippen LogP contribution in [-0.4, -0.2) is 45.7 Å². The monoisotopic (exact) mass is 403 g/mol. The van der Waals surface area contributed by atoms with Crippen molar-refractivity contribution in [2.45, 2.75) is 20.4 Å². The van der Waals surface area contributed by atoms with Crippen LogP contribution in [0.4, 0.5) is 5.69 Å². The molecule has 6 heteroatoms. The fourth-order valence-electron chi connectivity index (χ4n) is 3.79. The number of amides is 1. The van der Waals surface area contributed by atoms with Gasteiger partial charge in [-0.2, -0.15) is 0 Å². The largest absolute Gasteiger partial charge is 0.496 e. The number of anilines is 1. The lowest BCUT2D eigenvalue weighted by Crippen LogP contribution is -3.28. The highest BCUT2D eigenvalue weighted by Gasteiger charge is 2.25. The second-order valence-corrected chi connectivity index (χ2v) is 8.04. The second kappa shape index (κ2) is 9.41. The van der Waals surface area contributed by atoms with E-state index in [1.165, 1.54) is 16.0 Å². The van der Waals surface area contributed by atoms with Crippen molar-refractivity contribution in [2.75, 3.05) is 45.2 Å². The number of benzene rings is 2. The summed E-state index contributed by atoms with van der Waals surface area (Å²) in [7, 11) is 1.73. The summed E-state index contributed by atoms with van der Waals surface area (Å²) in [6.45, 7) is 9.58. The van der Waals surface area contributed by atoms with Crippen molar-refractivity contribution < 1.29 is 19.3 Å². The number of hydrogen-bond donors (Lipinski definition) is 3. The van der Waals surface area contributed by atoms with E-state index in [0.717, 1.165) is 49.7 Å². The van der Waals surface area contributed by atoms with Crippen molar-refractivity contribution in [2.24, 2.45) is 0 Å². The summed E-state index contributed by atoms with van der Waals surface area (Å²) in [6, 6.07) is 11.9. The first-order chi connectivity index (χ1) is 13.5. The van der Waals surface area contributed by atoms with Crippen LogP contribution in [0, 0.1) is 13.8 Å². The van der Waals surface area contributed by atoms with Gasteiger partial charge in [-0.05, 0) is 43.7 Å². The number of halogens is 1. The number of rotatable bonds is 6. The Hall–Kier alpha value is -2.08. The number of ether oxygens (including phenoxy) is 1. The van der Waals surface area contributed by atoms with Gasteiger partial charge in [0.1, 0.15) is 38.5 Å². The number of quaternary nitrogens is 2. The normalized spacial score (nSPS) is 19.3. The second-order valence-electron chi connectivity index (χ2n) is 7.63. The molecule has 1 fully saturated rings. The Balaban J connectivity index is 1.49. The predicted molar refractivity (Wildman–Crippen MR) is 113 cm³/mol. The average molecular weight is 404 g/mol. The van der Waals surface area contributed by atoms with Crippen molar-refractivity contribution in [3.05, 3.63) is 58.1 Å². The lowest BCUT2D eigenvalue weighted by Gasteiger charge is -2.29. The first-order valence-electron chi connectivity index (χ1n) is 9.82. The molecule has 0 saturated carbocycles. The maximum Gasteiger partial charge on any atom is 0.279 e. The molecule has 0 unspecified atom stereocenters. The molecular formula is C22H30ClN3O2+2. The van der Waals surface area contributed by atoms with Gasteiger partial charge in [-0.3, -0.25) is 4.79 Å². The van der Waals surface area contributed by atoms with E-state index in [-0.39, 0.29) is 5.91 Å². The van der Waals surface area contributed by atoms with E-state index >= 15 is 0 Å². The quantitative estimate of drug-likeness (QED) is 0.670. The molecule has 1 aliphatic rings. The topological polar surface area (TPSA) is 47.2 Å². The molecule has 3 rings (SSSR count). The highest BCUT2D eigenvalue weighted by atomic mass is 35.5. The third-order valence-electron chi connectivity index (χ3n) is 5.49. The highest BCUT2D eigenvalue weighted by molar-refractivity contribution is 6.31. The van der Waals surface area contributed by atoms with Crippen LogP contribution in [0.5, 0.6) is 5.75 Å². The molecule has 2 aromatic carbocycles. The van der Waals surface area contributed by atoms with Crippen molar-refractivity contribution >= 4 is 23.2 Å². The van der Waals surface area contributed by atoms with Crippen LogP contribution >= 0.6 is 11.6 Å². The van der Waals surface area contributed by atoms with E-state index in [1.54, 1.807) is 12.0 Å². The molecule has 0 atom stereocenters. The number of piperazine rings is 1. The molecule has 0 bridgehead atoms. The molecule has 1 heterocycles. The van der Waals surface area contributed by atoms with Crippen LogP contribution in [0.25, 0.3) is 0 Å². The third kappa shape index (κ3) is 5.25. The van der Waals surface area contributed by atoms with E-state index in [1.807, 2.05) is 31.2 Å². The molecule has 0 aromatic heterocycles. The molecule has 150 valence electrons. The van der Waals surface area contributed by atoms with E-state index in [2.05, 4.69) is 24.4 Å². The molecule has 2 aromatic rings. The van der Waals surface area contributed by atoms with Crippen LogP contribution < -0.4 is 19.9 Å². The Morgan fingerprint density at radius 1 is 1.11 bits per heavy atom. The SMILES string of the molecule is COc1ccc(C)cc1C[NH+]1CC[NH+](CC(=O)Nc2cccc(Cl)c2C)CC1. The summed E-state index contributed by atoms with van der Waals surface area (Å²) < 4.78 is 5.51. The Morgan fingerprint density at radius 3 is 2.54 bits per heavy atom. The summed E-state index contributed by atoms with van der Waals surface area (Å²) in [5.74, 6) is 1.01. The molecule has 1 saturated heterocycles. The van der Waals surface area contributed by atoms with Gasteiger partial charge >= 0.3 is 0 Å². The van der Waals surface area contributed by atoms with Crippen molar-refractivity contribution in [3.8, 4) is 5.75 Å². The van der Waals surface area contributed by atoms with Crippen LogP contribution in [0.2, 0.25) is 5.02 Å². The number of nitrogens with one attached hydrogen (secondary N) is 3. The molecule has 3 N–H and O–H groups in total. The molecule has 0 aliphatic carbocycles. The van der Waals surface area contributed by atoms with Gasteiger partial charge in [0.2, 0.25) is 0 Å². The van der Waals surface area contributed by atoms with Gasteiger partial charge in [-0.15, -0.1) is 0 Å². The molecule has 28 heavy (non-hydrogen) atoms. The Bertz CT molecular complexity index is 833. The van der Waals surface area contributed by atoms with Gasteiger partial charge in [-0.25, -0.2) is 0 Å². The van der Waals surface area contributed by atoms with Gasteiger partial charge in [0, 0.05) is 16.3 Å². The molecule has 0 radical (unpaired) electrons. The fourth-order valence-corrected chi connectivity index (χ4v) is 3.96. The van der Waals surface area contributed by atoms with Gasteiger partial charge in [-0.1, -0.05) is 29.3 Å². The van der Waals surface area contributed by atoms with E-state index in [4.69, 9.17) is 16.3 Å². The van der Waals surface area contributed by atoms with E-state index < -0.39 is 0 Å². The van der Waals surface area contributed by atoms with Gasteiger partial charge in [0.05, 0.1) is 7.11 Å². The zero-order valence-electron chi connectivity index (χ0n) is 16.9. The Kier molecular flexibility index (Phi) is 6.94. The van der Waals surface area contributed by atoms with Gasteiger partial charge in [0.25, 0.3) is 5.91 Å². The minimum Gasteiger partial charge on any atom is -0.496 e. The van der Waals surface area contributed by atoms with Crippen LogP contribution in [0.15, 0.2) is 36.4 Å². The van der Waals surface area contributed by atoms with Crippen molar-refractivity contribution in [1.82, 2.24) is 0 Å². The lowest BCUT2D eigenvalue weighted by atomic mass is 10.1. The fraction of sp³-hybridized carbons (Fsp3) is 0.409. The Morgan fingerprint density at radius 2 is 1.82 bits per heavy atom. The smallest absolute Gasteiger partial charge is 0.279 e. The minimum atomic E-state index is 0.0455. The summed E-state index contributed by atoms with van der Waals surface area (Å²) in [5, 5.41) is 3.68. The van der Waals surface area contributed by atoms with Crippen LogP contribution in [0.1, 0.15) is 16.7 Å². The first-order valence-corrected chi connectivity index (χ1v) is 10.2. The van der Waals surface area contributed by atoms with E-state index in [0.29, 0.717) is 11.6 Å². The molecule has 1 aliphatic heterocycles. The molecule has 1 amide bonds. The predicted octanol–water partition coefficient (Wildman–Crippen LogP) is 0.888. The van der Waals surface area contributed by atoms with Crippen LogP contribution in [0.3, 0.4) is 0 Å². The summed E-state index contributed by atoms with van der Waals surface area (Å²) in [4.78, 5) is 15.3. The lowest BCUT2D eigenvalue weighted by molar-refractivity contribution is -1.02. The van der Waals surface area contributed by atoms with E-state index in [9.17, 15) is 4.79 Å². The summed E-state index contributed by atoms with van der Waals surface area (Å²) in [6.07, 6.45) is 0. The standard InChI is InChI=1S/C22H28ClN3O2/c1-16-7-8-21(28-3)18(13-16)14-25-9-11-26(12-10-25)15-22(27)24-20-6-4-5-19(23)17(20)2/h4-8,13H,9-12,14-15H2,1-3H3,(H,24,27)/p+2. The minimum absolute atomic E-state index is 0.0455. The molecule has 5 nitrogen and oxygen atoms in total. The maximum absolute atomic E-state index is 12.4. The van der Waals surface area contributed by atoms with Gasteiger partial charge in [0.15, 0.2) is 6.54 Å². The third-order valence-corrected chi connectivity index (χ3v) is 5.90. The van der Waals surface area contributed by atoms with Gasteiger partial charge < -0.3 is 19.9 Å². The summed E-state index contributed by atoms with van der Waals surface area (Å²) in [5.41, 5.74) is 4.23. The van der Waals surface area contributed by atoms with Crippen molar-refractivity contribution in [3.63, 3.8) is 0 Å². The number of carbonyl (C=O) groups is 1. The average Bonchev–Trinajstić information content (AvgIpc) is 2.67. The molecule has 0 spiro atoms. The molecular weight excluding hydrogens is 374 g/mol. The number of carbonyl (C=O) groups excluding carboxylic acids is 1. The maximum atomic E-state index is 12.4. The number of hydrogen-bond acceptors (Lipinski definition) is 2. The number of methoxy groups -OCH3 is 1. The Labute approximate surface area is 172 Å². The zero-order chi connectivity index (χ0) is 20.1. The first kappa shape index (κ1) is 20.6.